The van der Waals surface area contributed by atoms with E-state index in [2.05, 4.69) is 18.7 Å². The zero-order valence-corrected chi connectivity index (χ0v) is 13.1. The molecule has 4 nitrogen and oxygen atoms in total. The summed E-state index contributed by atoms with van der Waals surface area (Å²) in [6.45, 7) is 6.82. The molecule has 1 aromatic rings. The second-order valence-corrected chi connectivity index (χ2v) is 6.02. The maximum atomic E-state index is 11.3. The molecule has 0 aliphatic carbocycles. The number of nitrogens with zero attached hydrogens (tertiary/aromatic N) is 1. The maximum absolute atomic E-state index is 11.3. The predicted octanol–water partition coefficient (Wildman–Crippen LogP) is 2.50. The van der Waals surface area contributed by atoms with E-state index < -0.39 is 6.10 Å². The minimum absolute atomic E-state index is 0.0146. The van der Waals surface area contributed by atoms with Gasteiger partial charge in [0.25, 0.3) is 0 Å². The average molecular weight is 291 g/mol. The Balaban J connectivity index is 1.85. The van der Waals surface area contributed by atoms with Crippen molar-refractivity contribution in [2.75, 3.05) is 13.2 Å². The van der Waals surface area contributed by atoms with Crippen LogP contribution in [0.2, 0.25) is 0 Å². The molecule has 0 amide bonds. The van der Waals surface area contributed by atoms with E-state index >= 15 is 0 Å². The van der Waals surface area contributed by atoms with Crippen molar-refractivity contribution in [2.24, 2.45) is 0 Å². The van der Waals surface area contributed by atoms with Crippen LogP contribution >= 0.6 is 0 Å². The SMILES string of the molecule is CC(=O)c1cccc(OCC(O)CN2C(C)CCC2C)c1. The number of benzene rings is 1. The van der Waals surface area contributed by atoms with Gasteiger partial charge < -0.3 is 9.84 Å². The Hall–Kier alpha value is -1.39. The summed E-state index contributed by atoms with van der Waals surface area (Å²) < 4.78 is 5.61. The number of likely N-dealkylation sites (tertiary alicyclic amines) is 1. The Morgan fingerprint density at radius 3 is 2.67 bits per heavy atom. The highest BCUT2D eigenvalue weighted by Crippen LogP contribution is 2.23. The standard InChI is InChI=1S/C17H25NO3/c1-12-7-8-13(2)18(12)10-16(20)11-21-17-6-4-5-15(9-17)14(3)19/h4-6,9,12-13,16,20H,7-8,10-11H2,1-3H3. The summed E-state index contributed by atoms with van der Waals surface area (Å²) in [4.78, 5) is 13.7. The molecule has 3 unspecified atom stereocenters. The van der Waals surface area contributed by atoms with Crippen LogP contribution in [0.5, 0.6) is 5.75 Å². The number of hydrogen-bond donors (Lipinski definition) is 1. The van der Waals surface area contributed by atoms with Gasteiger partial charge in [0.2, 0.25) is 0 Å². The fraction of sp³-hybridized carbons (Fsp3) is 0.588. The van der Waals surface area contributed by atoms with Gasteiger partial charge in [0, 0.05) is 24.2 Å². The highest BCUT2D eigenvalue weighted by Gasteiger charge is 2.28. The molecule has 1 aromatic carbocycles. The van der Waals surface area contributed by atoms with E-state index in [4.69, 9.17) is 4.74 Å². The van der Waals surface area contributed by atoms with Crippen LogP contribution in [0.4, 0.5) is 0 Å². The molecule has 1 aliphatic heterocycles. The smallest absolute Gasteiger partial charge is 0.159 e. The molecule has 2 rings (SSSR count). The third kappa shape index (κ3) is 4.29. The first kappa shape index (κ1) is 16.0. The Kier molecular flexibility index (Phi) is 5.37. The highest BCUT2D eigenvalue weighted by atomic mass is 16.5. The molecule has 0 spiro atoms. The van der Waals surface area contributed by atoms with Crippen molar-refractivity contribution >= 4 is 5.78 Å². The lowest BCUT2D eigenvalue weighted by Gasteiger charge is -2.28. The first-order valence-corrected chi connectivity index (χ1v) is 7.65. The number of aliphatic hydroxyl groups excluding tert-OH is 1. The molecule has 0 radical (unpaired) electrons. The van der Waals surface area contributed by atoms with Crippen molar-refractivity contribution in [1.29, 1.82) is 0 Å². The highest BCUT2D eigenvalue weighted by molar-refractivity contribution is 5.94. The topological polar surface area (TPSA) is 49.8 Å². The first-order chi connectivity index (χ1) is 9.97. The Morgan fingerprint density at radius 1 is 1.38 bits per heavy atom. The molecule has 3 atom stereocenters. The minimum Gasteiger partial charge on any atom is -0.491 e. The number of rotatable bonds is 6. The maximum Gasteiger partial charge on any atom is 0.159 e. The third-order valence-electron chi connectivity index (χ3n) is 4.24. The second-order valence-electron chi connectivity index (χ2n) is 6.02. The molecule has 1 fully saturated rings. The zero-order chi connectivity index (χ0) is 15.4. The predicted molar refractivity (Wildman–Crippen MR) is 82.8 cm³/mol. The van der Waals surface area contributed by atoms with Crippen molar-refractivity contribution in [2.45, 2.75) is 51.8 Å². The molecule has 21 heavy (non-hydrogen) atoms. The van der Waals surface area contributed by atoms with E-state index in [-0.39, 0.29) is 12.4 Å². The summed E-state index contributed by atoms with van der Waals surface area (Å²) in [6.07, 6.45) is 1.86. The summed E-state index contributed by atoms with van der Waals surface area (Å²) in [7, 11) is 0. The van der Waals surface area contributed by atoms with Gasteiger partial charge >= 0.3 is 0 Å². The van der Waals surface area contributed by atoms with E-state index in [1.165, 1.54) is 19.8 Å². The zero-order valence-electron chi connectivity index (χ0n) is 13.1. The number of ketones is 1. The van der Waals surface area contributed by atoms with Crippen molar-refractivity contribution in [3.05, 3.63) is 29.8 Å². The lowest BCUT2D eigenvalue weighted by molar-refractivity contribution is 0.0546. The second kappa shape index (κ2) is 7.05. The molecular weight excluding hydrogens is 266 g/mol. The fourth-order valence-corrected chi connectivity index (χ4v) is 2.90. The largest absolute Gasteiger partial charge is 0.491 e. The van der Waals surface area contributed by atoms with Gasteiger partial charge in [-0.15, -0.1) is 0 Å². The van der Waals surface area contributed by atoms with Crippen LogP contribution in [0.15, 0.2) is 24.3 Å². The minimum atomic E-state index is -0.519. The quantitative estimate of drug-likeness (QED) is 0.818. The van der Waals surface area contributed by atoms with Crippen LogP contribution in [0.25, 0.3) is 0 Å². The number of Topliss-reactive ketones (excluding diaryl/α,β-unsaturated/α-hetero) is 1. The van der Waals surface area contributed by atoms with Crippen molar-refractivity contribution in [3.8, 4) is 5.75 Å². The van der Waals surface area contributed by atoms with Gasteiger partial charge in [-0.2, -0.15) is 0 Å². The summed E-state index contributed by atoms with van der Waals surface area (Å²) >= 11 is 0. The molecular formula is C17H25NO3. The number of ether oxygens (including phenoxy) is 1. The number of hydrogen-bond acceptors (Lipinski definition) is 4. The molecule has 0 aromatic heterocycles. The Bertz CT molecular complexity index is 479. The van der Waals surface area contributed by atoms with Crippen molar-refractivity contribution in [1.82, 2.24) is 4.90 Å². The van der Waals surface area contributed by atoms with Gasteiger partial charge in [0.15, 0.2) is 5.78 Å². The molecule has 0 saturated carbocycles. The third-order valence-corrected chi connectivity index (χ3v) is 4.24. The Labute approximate surface area is 126 Å². The lowest BCUT2D eigenvalue weighted by Crippen LogP contribution is -2.41. The van der Waals surface area contributed by atoms with Gasteiger partial charge in [0.1, 0.15) is 18.5 Å². The van der Waals surface area contributed by atoms with Crippen LogP contribution in [-0.4, -0.2) is 47.1 Å². The summed E-state index contributed by atoms with van der Waals surface area (Å²) in [5.74, 6) is 0.644. The van der Waals surface area contributed by atoms with Crippen LogP contribution < -0.4 is 4.74 Å². The van der Waals surface area contributed by atoms with Crippen LogP contribution in [0.3, 0.4) is 0 Å². The van der Waals surface area contributed by atoms with Crippen LogP contribution in [0.1, 0.15) is 44.0 Å². The molecule has 1 aliphatic rings. The first-order valence-electron chi connectivity index (χ1n) is 7.65. The van der Waals surface area contributed by atoms with Crippen molar-refractivity contribution < 1.29 is 14.6 Å². The summed E-state index contributed by atoms with van der Waals surface area (Å²) in [5, 5.41) is 10.2. The van der Waals surface area contributed by atoms with Gasteiger partial charge in [0.05, 0.1) is 0 Å². The number of carbonyl (C=O) groups excluding carboxylic acids is 1. The monoisotopic (exact) mass is 291 g/mol. The summed E-state index contributed by atoms with van der Waals surface area (Å²) in [5.41, 5.74) is 0.628. The summed E-state index contributed by atoms with van der Waals surface area (Å²) in [6, 6.07) is 8.13. The molecule has 1 heterocycles. The normalized spacial score (nSPS) is 24.0. The van der Waals surface area contributed by atoms with E-state index in [0.717, 1.165) is 0 Å². The average Bonchev–Trinajstić information content (AvgIpc) is 2.77. The van der Waals surface area contributed by atoms with E-state index in [9.17, 15) is 9.90 Å². The molecule has 1 N–H and O–H groups in total. The number of carbonyl (C=O) groups is 1. The van der Waals surface area contributed by atoms with E-state index in [1.54, 1.807) is 24.3 Å². The van der Waals surface area contributed by atoms with Gasteiger partial charge in [-0.3, -0.25) is 9.69 Å². The lowest BCUT2D eigenvalue weighted by atomic mass is 10.1. The van der Waals surface area contributed by atoms with Gasteiger partial charge in [-0.05, 0) is 45.7 Å². The molecule has 4 heteroatoms. The fourth-order valence-electron chi connectivity index (χ4n) is 2.90. The van der Waals surface area contributed by atoms with Crippen LogP contribution in [-0.2, 0) is 0 Å². The molecule has 0 bridgehead atoms. The molecule has 116 valence electrons. The van der Waals surface area contributed by atoms with Crippen molar-refractivity contribution in [3.63, 3.8) is 0 Å². The number of β-amino-alcohol motifs (C(OH)–C–C–N with tert-alkyl or cyclic N) is 1. The van der Waals surface area contributed by atoms with Gasteiger partial charge in [-0.25, -0.2) is 0 Å². The Morgan fingerprint density at radius 2 is 2.05 bits per heavy atom. The van der Waals surface area contributed by atoms with E-state index in [1.807, 2.05) is 0 Å². The number of aliphatic hydroxyl groups is 1. The van der Waals surface area contributed by atoms with E-state index in [0.29, 0.717) is 29.9 Å². The molecule has 1 saturated heterocycles. The van der Waals surface area contributed by atoms with Gasteiger partial charge in [-0.1, -0.05) is 12.1 Å². The van der Waals surface area contributed by atoms with Crippen LogP contribution in [0, 0.1) is 0 Å².